The van der Waals surface area contributed by atoms with E-state index in [1.165, 1.54) is 16.4 Å². The number of aryl methyl sites for hydroxylation is 1. The number of nitrogens with one attached hydrogen (secondary N) is 1. The number of halogens is 1. The summed E-state index contributed by atoms with van der Waals surface area (Å²) in [5.74, 6) is 7.46. The molecule has 0 unspecified atom stereocenters. The van der Waals surface area contributed by atoms with E-state index < -0.39 is 0 Å². The number of ether oxygens (including phenoxy) is 1. The Balaban J connectivity index is 1.63. The second-order valence-corrected chi connectivity index (χ2v) is 7.79. The van der Waals surface area contributed by atoms with Gasteiger partial charge in [0.2, 0.25) is 11.1 Å². The van der Waals surface area contributed by atoms with Gasteiger partial charge in [-0.2, -0.15) is 0 Å². The maximum absolute atomic E-state index is 12.3. The highest BCUT2D eigenvalue weighted by Crippen LogP contribution is 2.24. The van der Waals surface area contributed by atoms with E-state index >= 15 is 0 Å². The molecule has 1 heterocycles. The molecule has 1 aromatic heterocycles. The van der Waals surface area contributed by atoms with Crippen molar-refractivity contribution in [2.75, 3.05) is 23.5 Å². The van der Waals surface area contributed by atoms with Gasteiger partial charge in [0.05, 0.1) is 12.4 Å². The Morgan fingerprint density at radius 1 is 1.25 bits per heavy atom. The molecule has 0 saturated heterocycles. The molecule has 9 heteroatoms. The lowest BCUT2D eigenvalue weighted by molar-refractivity contribution is -0.113. The zero-order chi connectivity index (χ0) is 20.1. The van der Waals surface area contributed by atoms with Crippen molar-refractivity contribution in [2.45, 2.75) is 19.0 Å². The van der Waals surface area contributed by atoms with Crippen LogP contribution in [-0.2, 0) is 4.79 Å². The first-order valence-corrected chi connectivity index (χ1v) is 10.4. The summed E-state index contributed by atoms with van der Waals surface area (Å²) in [4.78, 5) is 12.3. The van der Waals surface area contributed by atoms with Gasteiger partial charge >= 0.3 is 0 Å². The van der Waals surface area contributed by atoms with E-state index in [0.717, 1.165) is 27.0 Å². The third kappa shape index (κ3) is 4.85. The summed E-state index contributed by atoms with van der Waals surface area (Å²) in [7, 11) is 0. The summed E-state index contributed by atoms with van der Waals surface area (Å²) in [6, 6.07) is 13.1. The first-order chi connectivity index (χ1) is 13.5. The van der Waals surface area contributed by atoms with Crippen LogP contribution in [-0.4, -0.2) is 33.1 Å². The maximum atomic E-state index is 12.3. The molecule has 0 spiro atoms. The van der Waals surface area contributed by atoms with Crippen LogP contribution in [0.15, 0.2) is 52.1 Å². The molecule has 0 aliphatic heterocycles. The first-order valence-electron chi connectivity index (χ1n) is 8.60. The van der Waals surface area contributed by atoms with Crippen molar-refractivity contribution in [1.29, 1.82) is 0 Å². The molecule has 7 nitrogen and oxygen atoms in total. The standard InChI is InChI=1S/C19H20BrN5O2S/c1-3-27-15-7-4-13(5-8-15)18-23-24-19(25(18)21)28-11-17(26)22-16-9-6-14(20)10-12(16)2/h4-10H,3,11,21H2,1-2H3,(H,22,26). The highest BCUT2D eigenvalue weighted by molar-refractivity contribution is 9.10. The summed E-state index contributed by atoms with van der Waals surface area (Å²) in [6.07, 6.45) is 0. The predicted molar refractivity (Wildman–Crippen MR) is 115 cm³/mol. The zero-order valence-electron chi connectivity index (χ0n) is 15.5. The molecule has 0 saturated carbocycles. The number of benzene rings is 2. The lowest BCUT2D eigenvalue weighted by Gasteiger charge is -2.08. The van der Waals surface area contributed by atoms with Gasteiger partial charge in [-0.15, -0.1) is 10.2 Å². The van der Waals surface area contributed by atoms with E-state index in [1.54, 1.807) is 0 Å². The van der Waals surface area contributed by atoms with Gasteiger partial charge < -0.3 is 15.9 Å². The van der Waals surface area contributed by atoms with Gasteiger partial charge in [0.15, 0.2) is 5.82 Å². The molecule has 0 radical (unpaired) electrons. The normalized spacial score (nSPS) is 10.7. The van der Waals surface area contributed by atoms with Crippen molar-refractivity contribution < 1.29 is 9.53 Å². The van der Waals surface area contributed by atoms with Gasteiger partial charge in [0.1, 0.15) is 5.75 Å². The van der Waals surface area contributed by atoms with Crippen molar-refractivity contribution in [3.63, 3.8) is 0 Å². The minimum absolute atomic E-state index is 0.138. The first kappa shape index (κ1) is 20.2. The third-order valence-corrected chi connectivity index (χ3v) is 5.32. The number of amides is 1. The van der Waals surface area contributed by atoms with Crippen LogP contribution >= 0.6 is 27.7 Å². The number of nitrogen functional groups attached to an aromatic ring is 1. The topological polar surface area (TPSA) is 95.1 Å². The lowest BCUT2D eigenvalue weighted by atomic mass is 10.2. The molecule has 3 aromatic rings. The van der Waals surface area contributed by atoms with Crippen molar-refractivity contribution in [3.05, 3.63) is 52.5 Å². The second kappa shape index (κ2) is 9.11. The fourth-order valence-electron chi connectivity index (χ4n) is 2.52. The zero-order valence-corrected chi connectivity index (χ0v) is 17.9. The summed E-state index contributed by atoms with van der Waals surface area (Å²) in [5.41, 5.74) is 2.57. The van der Waals surface area contributed by atoms with Crippen molar-refractivity contribution in [1.82, 2.24) is 14.9 Å². The number of hydrogen-bond donors (Lipinski definition) is 2. The predicted octanol–water partition coefficient (Wildman–Crippen LogP) is 3.86. The number of rotatable bonds is 7. The van der Waals surface area contributed by atoms with Crippen LogP contribution in [0, 0.1) is 6.92 Å². The van der Waals surface area contributed by atoms with E-state index in [4.69, 9.17) is 10.6 Å². The average molecular weight is 462 g/mol. The minimum Gasteiger partial charge on any atom is -0.494 e. The highest BCUT2D eigenvalue weighted by Gasteiger charge is 2.14. The number of thioether (sulfide) groups is 1. The Labute approximate surface area is 175 Å². The van der Waals surface area contributed by atoms with Gasteiger partial charge in [0, 0.05) is 15.7 Å². The molecule has 28 heavy (non-hydrogen) atoms. The highest BCUT2D eigenvalue weighted by atomic mass is 79.9. The molecule has 146 valence electrons. The smallest absolute Gasteiger partial charge is 0.234 e. The van der Waals surface area contributed by atoms with Crippen molar-refractivity contribution >= 4 is 39.3 Å². The number of nitrogens with zero attached hydrogens (tertiary/aromatic N) is 3. The molecular weight excluding hydrogens is 442 g/mol. The maximum Gasteiger partial charge on any atom is 0.234 e. The second-order valence-electron chi connectivity index (χ2n) is 5.93. The number of nitrogens with two attached hydrogens (primary N) is 1. The molecule has 0 aliphatic carbocycles. The number of hydrogen-bond acceptors (Lipinski definition) is 6. The molecule has 1 amide bonds. The van der Waals surface area contributed by atoms with Crippen LogP contribution < -0.4 is 15.9 Å². The third-order valence-electron chi connectivity index (χ3n) is 3.88. The van der Waals surface area contributed by atoms with Crippen LogP contribution in [0.1, 0.15) is 12.5 Å². The van der Waals surface area contributed by atoms with Crippen molar-refractivity contribution in [3.8, 4) is 17.1 Å². The molecule has 0 bridgehead atoms. The molecule has 0 aliphatic rings. The number of anilines is 1. The van der Waals surface area contributed by atoms with Crippen LogP contribution in [0.4, 0.5) is 5.69 Å². The van der Waals surface area contributed by atoms with Crippen LogP contribution in [0.5, 0.6) is 5.75 Å². The van der Waals surface area contributed by atoms with Crippen LogP contribution in [0.25, 0.3) is 11.4 Å². The monoisotopic (exact) mass is 461 g/mol. The number of carbonyl (C=O) groups excluding carboxylic acids is 1. The van der Waals surface area contributed by atoms with Crippen LogP contribution in [0.3, 0.4) is 0 Å². The summed E-state index contributed by atoms with van der Waals surface area (Å²) in [6.45, 7) is 4.48. The summed E-state index contributed by atoms with van der Waals surface area (Å²) >= 11 is 4.64. The molecule has 3 rings (SSSR count). The van der Waals surface area contributed by atoms with E-state index in [-0.39, 0.29) is 11.7 Å². The molecule has 2 aromatic carbocycles. The minimum atomic E-state index is -0.138. The Bertz CT molecular complexity index is 975. The van der Waals surface area contributed by atoms with Gasteiger partial charge in [-0.05, 0) is 61.9 Å². The Morgan fingerprint density at radius 2 is 2.00 bits per heavy atom. The summed E-state index contributed by atoms with van der Waals surface area (Å²) < 4.78 is 7.79. The quantitative estimate of drug-likeness (QED) is 0.409. The number of carbonyl (C=O) groups is 1. The summed E-state index contributed by atoms with van der Waals surface area (Å²) in [5, 5.41) is 11.6. The van der Waals surface area contributed by atoms with Gasteiger partial charge in [-0.25, -0.2) is 4.68 Å². The van der Waals surface area contributed by atoms with Gasteiger partial charge in [0.25, 0.3) is 0 Å². The fraction of sp³-hybridized carbons (Fsp3) is 0.211. The SMILES string of the molecule is CCOc1ccc(-c2nnc(SCC(=O)Nc3ccc(Br)cc3C)n2N)cc1. The Hall–Kier alpha value is -2.52. The van der Waals surface area contributed by atoms with Gasteiger partial charge in [-0.1, -0.05) is 27.7 Å². The van der Waals surface area contributed by atoms with Crippen molar-refractivity contribution in [2.24, 2.45) is 0 Å². The van der Waals surface area contributed by atoms with E-state index in [2.05, 4.69) is 31.4 Å². The van der Waals surface area contributed by atoms with E-state index in [0.29, 0.717) is 17.6 Å². The molecule has 3 N–H and O–H groups in total. The molecule has 0 fully saturated rings. The molecular formula is C19H20BrN5O2S. The average Bonchev–Trinajstić information content (AvgIpc) is 3.04. The Kier molecular flexibility index (Phi) is 6.58. The van der Waals surface area contributed by atoms with E-state index in [9.17, 15) is 4.79 Å². The Morgan fingerprint density at radius 3 is 2.68 bits per heavy atom. The fourth-order valence-corrected chi connectivity index (χ4v) is 3.65. The molecule has 0 atom stereocenters. The van der Waals surface area contributed by atoms with E-state index in [1.807, 2.05) is 56.3 Å². The van der Waals surface area contributed by atoms with Gasteiger partial charge in [-0.3, -0.25) is 4.79 Å². The lowest BCUT2D eigenvalue weighted by Crippen LogP contribution is -2.17. The largest absolute Gasteiger partial charge is 0.494 e. The van der Waals surface area contributed by atoms with Crippen LogP contribution in [0.2, 0.25) is 0 Å². The number of aromatic nitrogens is 3.